The van der Waals surface area contributed by atoms with Crippen LogP contribution in [0.1, 0.15) is 83.1 Å². The van der Waals surface area contributed by atoms with Crippen molar-refractivity contribution in [1.82, 2.24) is 0 Å². The summed E-state index contributed by atoms with van der Waals surface area (Å²) in [6, 6.07) is 3.78. The summed E-state index contributed by atoms with van der Waals surface area (Å²) in [6.45, 7) is 2.26. The minimum atomic E-state index is -0.0398. The van der Waals surface area contributed by atoms with E-state index in [4.69, 9.17) is 0 Å². The van der Waals surface area contributed by atoms with Gasteiger partial charge in [-0.2, -0.15) is 0 Å². The molecule has 0 aliphatic rings. The first-order valence-electron chi connectivity index (χ1n) is 8.79. The van der Waals surface area contributed by atoms with E-state index >= 15 is 0 Å². The molecule has 1 rings (SSSR count). The van der Waals surface area contributed by atoms with Gasteiger partial charge in [-0.15, -0.1) is 0 Å². The van der Waals surface area contributed by atoms with Crippen LogP contribution in [0.15, 0.2) is 16.6 Å². The molecule has 0 aliphatic heterocycles. The Balaban J connectivity index is 2.03. The highest BCUT2D eigenvalue weighted by Crippen LogP contribution is 2.25. The van der Waals surface area contributed by atoms with Gasteiger partial charge in [0.05, 0.1) is 0 Å². The fourth-order valence-corrected chi connectivity index (χ4v) is 3.77. The van der Waals surface area contributed by atoms with Gasteiger partial charge in [-0.05, 0) is 47.6 Å². The monoisotopic (exact) mass is 482 g/mol. The van der Waals surface area contributed by atoms with E-state index in [-0.39, 0.29) is 5.82 Å². The second kappa shape index (κ2) is 12.7. The van der Waals surface area contributed by atoms with E-state index in [0.29, 0.717) is 0 Å². The molecule has 0 bridgehead atoms. The molecule has 0 atom stereocenters. The van der Waals surface area contributed by atoms with Gasteiger partial charge in [0.2, 0.25) is 0 Å². The van der Waals surface area contributed by atoms with Gasteiger partial charge in [-0.3, -0.25) is 0 Å². The summed E-state index contributed by atoms with van der Waals surface area (Å²) in [6.07, 6.45) is 15.5. The molecule has 0 spiro atoms. The maximum Gasteiger partial charge on any atom is 0.140 e. The number of hydrogen-bond acceptors (Lipinski definition) is 0. The Morgan fingerprint density at radius 2 is 1.36 bits per heavy atom. The largest absolute Gasteiger partial charge is 0.205 e. The lowest BCUT2D eigenvalue weighted by molar-refractivity contribution is 0.544. The van der Waals surface area contributed by atoms with Gasteiger partial charge < -0.3 is 0 Å². The molecule has 0 unspecified atom stereocenters. The van der Waals surface area contributed by atoms with Gasteiger partial charge in [0.1, 0.15) is 5.82 Å². The van der Waals surface area contributed by atoms with Crippen LogP contribution in [0.25, 0.3) is 0 Å². The van der Waals surface area contributed by atoms with E-state index in [0.717, 1.165) is 26.4 Å². The van der Waals surface area contributed by atoms with Crippen LogP contribution in [-0.4, -0.2) is 0 Å². The molecular weight excluding hydrogens is 454 g/mol. The lowest BCUT2D eigenvalue weighted by Gasteiger charge is -2.08. The smallest absolute Gasteiger partial charge is 0.140 e. The van der Waals surface area contributed by atoms with Crippen molar-refractivity contribution >= 4 is 38.5 Å². The highest BCUT2D eigenvalue weighted by molar-refractivity contribution is 14.1. The summed E-state index contributed by atoms with van der Waals surface area (Å²) in [5.74, 6) is -0.0398. The van der Waals surface area contributed by atoms with Gasteiger partial charge in [0.15, 0.2) is 0 Å². The van der Waals surface area contributed by atoms with Gasteiger partial charge in [-0.1, -0.05) is 87.1 Å². The second-order valence-electron chi connectivity index (χ2n) is 6.11. The normalized spacial score (nSPS) is 11.1. The quantitative estimate of drug-likeness (QED) is 0.160. The molecule has 126 valence electrons. The summed E-state index contributed by atoms with van der Waals surface area (Å²) in [7, 11) is 0. The highest BCUT2D eigenvalue weighted by atomic mass is 127. The zero-order valence-electron chi connectivity index (χ0n) is 13.8. The molecule has 0 radical (unpaired) electrons. The van der Waals surface area contributed by atoms with Crippen molar-refractivity contribution in [2.45, 2.75) is 84.0 Å². The van der Waals surface area contributed by atoms with Crippen molar-refractivity contribution in [2.24, 2.45) is 0 Å². The van der Waals surface area contributed by atoms with E-state index in [1.807, 2.05) is 12.1 Å². The molecular formula is C19H29BrFI. The molecule has 0 heterocycles. The van der Waals surface area contributed by atoms with Crippen LogP contribution in [0.5, 0.6) is 0 Å². The Morgan fingerprint density at radius 3 is 1.91 bits per heavy atom. The zero-order valence-corrected chi connectivity index (χ0v) is 17.5. The van der Waals surface area contributed by atoms with Crippen molar-refractivity contribution < 1.29 is 4.39 Å². The summed E-state index contributed by atoms with van der Waals surface area (Å²) in [4.78, 5) is 0. The zero-order chi connectivity index (χ0) is 16.2. The highest BCUT2D eigenvalue weighted by Gasteiger charge is 2.09. The Hall–Kier alpha value is 0.360. The first-order chi connectivity index (χ1) is 10.7. The number of benzene rings is 1. The molecule has 0 N–H and O–H groups in total. The summed E-state index contributed by atoms with van der Waals surface area (Å²) in [5, 5.41) is 0. The SMILES string of the molecule is CCCCCCCCCCCCCc1c(Br)ccc(I)c1F. The molecule has 3 heteroatoms. The lowest BCUT2D eigenvalue weighted by Crippen LogP contribution is -1.95. The predicted molar refractivity (Wildman–Crippen MR) is 107 cm³/mol. The van der Waals surface area contributed by atoms with Crippen LogP contribution in [0.4, 0.5) is 4.39 Å². The Morgan fingerprint density at radius 1 is 0.864 bits per heavy atom. The summed E-state index contributed by atoms with van der Waals surface area (Å²) < 4.78 is 15.7. The molecule has 0 amide bonds. The molecule has 0 aliphatic carbocycles. The maximum atomic E-state index is 14.0. The first-order valence-corrected chi connectivity index (χ1v) is 10.7. The van der Waals surface area contributed by atoms with Crippen LogP contribution in [0, 0.1) is 9.39 Å². The summed E-state index contributed by atoms with van der Waals surface area (Å²) >= 11 is 5.53. The standard InChI is InChI=1S/C19H29BrFI/c1-2-3-4-5-6-7-8-9-10-11-12-13-16-17(20)14-15-18(22)19(16)21/h14-15H,2-13H2,1H3. The fourth-order valence-electron chi connectivity index (χ4n) is 2.76. The lowest BCUT2D eigenvalue weighted by atomic mass is 10.0. The summed E-state index contributed by atoms with van der Waals surface area (Å²) in [5.41, 5.74) is 0.850. The number of hydrogen-bond donors (Lipinski definition) is 0. The predicted octanol–water partition coefficient (Wildman–Crippen LogP) is 8.05. The van der Waals surface area contributed by atoms with E-state index in [2.05, 4.69) is 45.4 Å². The van der Waals surface area contributed by atoms with E-state index in [1.54, 1.807) is 0 Å². The van der Waals surface area contributed by atoms with E-state index in [9.17, 15) is 4.39 Å². The minimum Gasteiger partial charge on any atom is -0.205 e. The molecule has 22 heavy (non-hydrogen) atoms. The average molecular weight is 483 g/mol. The second-order valence-corrected chi connectivity index (χ2v) is 8.12. The van der Waals surface area contributed by atoms with Crippen molar-refractivity contribution in [3.63, 3.8) is 0 Å². The Kier molecular flexibility index (Phi) is 11.8. The van der Waals surface area contributed by atoms with E-state index < -0.39 is 0 Å². The van der Waals surface area contributed by atoms with Gasteiger partial charge in [0, 0.05) is 13.6 Å². The van der Waals surface area contributed by atoms with E-state index in [1.165, 1.54) is 64.2 Å². The third-order valence-corrected chi connectivity index (χ3v) is 5.75. The van der Waals surface area contributed by atoms with Gasteiger partial charge in [-0.25, -0.2) is 4.39 Å². The van der Waals surface area contributed by atoms with Crippen molar-refractivity contribution in [3.8, 4) is 0 Å². The Labute approximate surface area is 157 Å². The molecule has 0 saturated heterocycles. The van der Waals surface area contributed by atoms with Crippen molar-refractivity contribution in [2.75, 3.05) is 0 Å². The first kappa shape index (κ1) is 20.4. The number of halogens is 3. The van der Waals surface area contributed by atoms with Crippen LogP contribution < -0.4 is 0 Å². The molecule has 0 aromatic heterocycles. The van der Waals surface area contributed by atoms with Crippen molar-refractivity contribution in [3.05, 3.63) is 31.6 Å². The fraction of sp³-hybridized carbons (Fsp3) is 0.684. The topological polar surface area (TPSA) is 0 Å². The molecule has 1 aromatic carbocycles. The number of rotatable bonds is 12. The third kappa shape index (κ3) is 8.28. The van der Waals surface area contributed by atoms with Crippen LogP contribution in [0.2, 0.25) is 0 Å². The maximum absolute atomic E-state index is 14.0. The van der Waals surface area contributed by atoms with Crippen molar-refractivity contribution in [1.29, 1.82) is 0 Å². The van der Waals surface area contributed by atoms with Crippen LogP contribution >= 0.6 is 38.5 Å². The molecule has 0 saturated carbocycles. The van der Waals surface area contributed by atoms with Gasteiger partial charge >= 0.3 is 0 Å². The number of unbranched alkanes of at least 4 members (excludes halogenated alkanes) is 10. The molecule has 1 aromatic rings. The third-order valence-electron chi connectivity index (χ3n) is 4.17. The van der Waals surface area contributed by atoms with Gasteiger partial charge in [0.25, 0.3) is 0 Å². The Bertz CT molecular complexity index is 420. The molecule has 0 nitrogen and oxygen atoms in total. The van der Waals surface area contributed by atoms with Crippen LogP contribution in [-0.2, 0) is 6.42 Å². The molecule has 0 fully saturated rings. The minimum absolute atomic E-state index is 0.0398. The average Bonchev–Trinajstić information content (AvgIpc) is 2.51. The van der Waals surface area contributed by atoms with Crippen LogP contribution in [0.3, 0.4) is 0 Å².